The Bertz CT molecular complexity index is 645. The van der Waals surface area contributed by atoms with Gasteiger partial charge < -0.3 is 15.8 Å². The van der Waals surface area contributed by atoms with Crippen molar-refractivity contribution in [3.63, 3.8) is 0 Å². The molecule has 3 rings (SSSR count). The molecule has 2 heterocycles. The van der Waals surface area contributed by atoms with E-state index < -0.39 is 10.0 Å². The maximum Gasteiger partial charge on any atom is 0.242 e. The van der Waals surface area contributed by atoms with Crippen LogP contribution in [0.1, 0.15) is 19.3 Å². The van der Waals surface area contributed by atoms with Gasteiger partial charge in [0.25, 0.3) is 0 Å². The lowest BCUT2D eigenvalue weighted by Gasteiger charge is -2.23. The number of benzene rings is 1. The van der Waals surface area contributed by atoms with Crippen molar-refractivity contribution >= 4 is 21.4 Å². The molecule has 1 aromatic carbocycles. The van der Waals surface area contributed by atoms with Crippen molar-refractivity contribution in [2.24, 2.45) is 0 Å². The van der Waals surface area contributed by atoms with E-state index in [-0.39, 0.29) is 17.0 Å². The molecule has 2 aliphatic heterocycles. The van der Waals surface area contributed by atoms with E-state index in [0.29, 0.717) is 17.5 Å². The molecular weight excluding hydrogens is 290 g/mol. The largest absolute Gasteiger partial charge is 0.397 e. The van der Waals surface area contributed by atoms with Crippen LogP contribution in [0.4, 0.5) is 11.4 Å². The highest BCUT2D eigenvalue weighted by atomic mass is 32.2. The van der Waals surface area contributed by atoms with Crippen molar-refractivity contribution in [1.82, 2.24) is 4.31 Å². The third kappa shape index (κ3) is 2.61. The molecule has 0 aromatic heterocycles. The summed E-state index contributed by atoms with van der Waals surface area (Å²) in [5, 5.41) is 3.36. The van der Waals surface area contributed by atoms with Crippen LogP contribution in [-0.2, 0) is 14.8 Å². The number of nitrogens with two attached hydrogens (primary N) is 1. The number of nitrogens with zero attached hydrogens (tertiary/aromatic N) is 1. The first-order valence-corrected chi connectivity index (χ1v) is 8.56. The maximum absolute atomic E-state index is 12.2. The molecule has 2 bridgehead atoms. The van der Waals surface area contributed by atoms with E-state index in [0.717, 1.165) is 19.3 Å². The van der Waals surface area contributed by atoms with Crippen molar-refractivity contribution < 1.29 is 13.2 Å². The average molecular weight is 311 g/mol. The first-order chi connectivity index (χ1) is 9.88. The molecule has 0 amide bonds. The summed E-state index contributed by atoms with van der Waals surface area (Å²) in [6, 6.07) is 4.99. The van der Waals surface area contributed by atoms with Crippen LogP contribution < -0.4 is 11.1 Å². The second-order valence-corrected chi connectivity index (χ2v) is 8.05. The third-order valence-corrected chi connectivity index (χ3v) is 6.06. The molecule has 3 atom stereocenters. The molecule has 3 unspecified atom stereocenters. The maximum atomic E-state index is 12.2. The van der Waals surface area contributed by atoms with Gasteiger partial charge >= 0.3 is 0 Å². The number of nitrogen functional groups attached to an aromatic ring is 1. The van der Waals surface area contributed by atoms with E-state index in [2.05, 4.69) is 5.32 Å². The van der Waals surface area contributed by atoms with Crippen LogP contribution in [0.2, 0.25) is 0 Å². The summed E-state index contributed by atoms with van der Waals surface area (Å²) < 4.78 is 31.4. The van der Waals surface area contributed by atoms with Crippen LogP contribution in [0.25, 0.3) is 0 Å². The fourth-order valence-electron chi connectivity index (χ4n) is 3.02. The van der Waals surface area contributed by atoms with Gasteiger partial charge in [0, 0.05) is 14.1 Å². The third-order valence-electron chi connectivity index (χ3n) is 4.25. The van der Waals surface area contributed by atoms with Crippen LogP contribution in [0.5, 0.6) is 0 Å². The summed E-state index contributed by atoms with van der Waals surface area (Å²) in [6.07, 6.45) is 3.67. The molecule has 2 fully saturated rings. The molecule has 7 heteroatoms. The average Bonchev–Trinajstić information content (AvgIpc) is 3.03. The zero-order valence-corrected chi connectivity index (χ0v) is 13.1. The van der Waals surface area contributed by atoms with Crippen molar-refractivity contribution in [1.29, 1.82) is 0 Å². The van der Waals surface area contributed by atoms with E-state index in [9.17, 15) is 8.42 Å². The van der Waals surface area contributed by atoms with E-state index in [1.54, 1.807) is 12.1 Å². The van der Waals surface area contributed by atoms with Gasteiger partial charge in [-0.05, 0) is 37.5 Å². The van der Waals surface area contributed by atoms with E-state index in [4.69, 9.17) is 10.5 Å². The van der Waals surface area contributed by atoms with Gasteiger partial charge in [-0.2, -0.15) is 0 Å². The monoisotopic (exact) mass is 311 g/mol. The number of sulfonamides is 1. The number of fused-ring (bicyclic) bond motifs is 2. The fourth-order valence-corrected chi connectivity index (χ4v) is 3.95. The molecule has 6 nitrogen and oxygen atoms in total. The molecule has 21 heavy (non-hydrogen) atoms. The topological polar surface area (TPSA) is 84.7 Å². The Kier molecular flexibility index (Phi) is 3.59. The van der Waals surface area contributed by atoms with Crippen LogP contribution in [0, 0.1) is 0 Å². The van der Waals surface area contributed by atoms with Gasteiger partial charge in [0.2, 0.25) is 10.0 Å². The van der Waals surface area contributed by atoms with E-state index >= 15 is 0 Å². The van der Waals surface area contributed by atoms with Gasteiger partial charge in [-0.3, -0.25) is 0 Å². The molecule has 1 aromatic rings. The normalized spacial score (nSPS) is 28.2. The lowest BCUT2D eigenvalue weighted by molar-refractivity contribution is 0.102. The Balaban J connectivity index is 1.85. The van der Waals surface area contributed by atoms with Gasteiger partial charge in [0.15, 0.2) is 0 Å². The fraction of sp³-hybridized carbons (Fsp3) is 0.571. The molecule has 0 spiro atoms. The zero-order chi connectivity index (χ0) is 15.2. The summed E-state index contributed by atoms with van der Waals surface area (Å²) >= 11 is 0. The number of nitrogens with one attached hydrogen (secondary N) is 1. The summed E-state index contributed by atoms with van der Waals surface area (Å²) in [5.41, 5.74) is 7.19. The van der Waals surface area contributed by atoms with Crippen molar-refractivity contribution in [2.45, 2.75) is 42.4 Å². The lowest BCUT2D eigenvalue weighted by Crippen LogP contribution is -2.31. The van der Waals surface area contributed by atoms with E-state index in [1.807, 2.05) is 0 Å². The smallest absolute Gasteiger partial charge is 0.242 e. The minimum absolute atomic E-state index is 0.211. The predicted molar refractivity (Wildman–Crippen MR) is 81.6 cm³/mol. The number of ether oxygens (including phenoxy) is 1. The number of hydrogen-bond acceptors (Lipinski definition) is 5. The predicted octanol–water partition coefficient (Wildman–Crippen LogP) is 1.25. The highest BCUT2D eigenvalue weighted by molar-refractivity contribution is 7.89. The summed E-state index contributed by atoms with van der Waals surface area (Å²) in [5.74, 6) is 0. The second-order valence-electron chi connectivity index (χ2n) is 5.90. The second kappa shape index (κ2) is 5.15. The van der Waals surface area contributed by atoms with Crippen molar-refractivity contribution in [3.8, 4) is 0 Å². The molecule has 2 aliphatic rings. The zero-order valence-electron chi connectivity index (χ0n) is 12.2. The molecule has 116 valence electrons. The highest BCUT2D eigenvalue weighted by Gasteiger charge is 2.40. The number of hydrogen-bond donors (Lipinski definition) is 2. The van der Waals surface area contributed by atoms with Crippen molar-refractivity contribution in [2.75, 3.05) is 25.1 Å². The Labute approximate surface area is 125 Å². The van der Waals surface area contributed by atoms with Gasteiger partial charge in [-0.1, -0.05) is 0 Å². The minimum Gasteiger partial charge on any atom is -0.397 e. The van der Waals surface area contributed by atoms with Crippen LogP contribution in [-0.4, -0.2) is 45.1 Å². The first-order valence-electron chi connectivity index (χ1n) is 7.12. The SMILES string of the molecule is CN(C)S(=O)(=O)c1ccc(N)c(NC2CC3CCC2O3)c1. The summed E-state index contributed by atoms with van der Waals surface area (Å²) in [4.78, 5) is 0.244. The number of anilines is 2. The van der Waals surface area contributed by atoms with Gasteiger partial charge in [-0.25, -0.2) is 12.7 Å². The Morgan fingerprint density at radius 3 is 2.67 bits per heavy atom. The first kappa shape index (κ1) is 14.6. The number of rotatable bonds is 4. The minimum atomic E-state index is -3.45. The van der Waals surface area contributed by atoms with Crippen molar-refractivity contribution in [3.05, 3.63) is 18.2 Å². The molecule has 0 radical (unpaired) electrons. The quantitative estimate of drug-likeness (QED) is 0.818. The van der Waals surface area contributed by atoms with Crippen LogP contribution >= 0.6 is 0 Å². The van der Waals surface area contributed by atoms with Crippen LogP contribution in [0.3, 0.4) is 0 Å². The van der Waals surface area contributed by atoms with Gasteiger partial charge in [0.1, 0.15) is 0 Å². The standard InChI is InChI=1S/C14H21N3O3S/c1-17(2)21(18,19)10-4-5-11(15)12(8-10)16-13-7-9-3-6-14(13)20-9/h4-5,8-9,13-14,16H,3,6-7,15H2,1-2H3. The summed E-state index contributed by atoms with van der Waals surface area (Å²) in [6.45, 7) is 0. The molecule has 2 saturated heterocycles. The molecule has 0 saturated carbocycles. The Hall–Kier alpha value is -1.31. The van der Waals surface area contributed by atoms with E-state index in [1.165, 1.54) is 24.5 Å². The van der Waals surface area contributed by atoms with Crippen LogP contribution in [0.15, 0.2) is 23.1 Å². The Morgan fingerprint density at radius 1 is 1.33 bits per heavy atom. The highest BCUT2D eigenvalue weighted by Crippen LogP contribution is 2.37. The Morgan fingerprint density at radius 2 is 2.10 bits per heavy atom. The van der Waals surface area contributed by atoms with Gasteiger partial charge in [0.05, 0.1) is 34.5 Å². The molecule has 0 aliphatic carbocycles. The molecular formula is C14H21N3O3S. The lowest BCUT2D eigenvalue weighted by atomic mass is 9.95. The molecule has 3 N–H and O–H groups in total. The van der Waals surface area contributed by atoms with Gasteiger partial charge in [-0.15, -0.1) is 0 Å². The summed E-state index contributed by atoms with van der Waals surface area (Å²) in [7, 11) is -0.421.